The number of benzene rings is 1. The first-order chi connectivity index (χ1) is 14.0. The van der Waals surface area contributed by atoms with Crippen LogP contribution in [0.4, 0.5) is 18.0 Å². The molecule has 0 spiro atoms. The van der Waals surface area contributed by atoms with E-state index in [1.165, 1.54) is 0 Å². The number of hydrogen-bond acceptors (Lipinski definition) is 4. The zero-order valence-electron chi connectivity index (χ0n) is 16.1. The van der Waals surface area contributed by atoms with Crippen LogP contribution in [-0.2, 0) is 21.0 Å². The van der Waals surface area contributed by atoms with Crippen molar-refractivity contribution in [2.45, 2.75) is 36.4 Å². The summed E-state index contributed by atoms with van der Waals surface area (Å²) in [4.78, 5) is 26.7. The number of nitrogens with zero attached hydrogens (tertiary/aromatic N) is 2. The van der Waals surface area contributed by atoms with E-state index in [-0.39, 0.29) is 23.4 Å². The summed E-state index contributed by atoms with van der Waals surface area (Å²) in [5.74, 6) is -0.774. The van der Waals surface area contributed by atoms with Gasteiger partial charge in [-0.15, -0.1) is 0 Å². The Bertz CT molecular complexity index is 897. The van der Waals surface area contributed by atoms with Crippen molar-refractivity contribution in [3.63, 3.8) is 0 Å². The summed E-state index contributed by atoms with van der Waals surface area (Å²) in [6, 6.07) is 2.66. The van der Waals surface area contributed by atoms with Gasteiger partial charge in [0.1, 0.15) is 0 Å². The van der Waals surface area contributed by atoms with Gasteiger partial charge in [-0.25, -0.2) is 17.9 Å². The molecule has 1 atom stereocenters. The van der Waals surface area contributed by atoms with Crippen molar-refractivity contribution in [1.29, 1.82) is 0 Å². The van der Waals surface area contributed by atoms with Crippen LogP contribution in [0.1, 0.15) is 24.8 Å². The molecule has 2 heterocycles. The van der Waals surface area contributed by atoms with E-state index in [0.29, 0.717) is 38.9 Å². The molecule has 3 N–H and O–H groups in total. The summed E-state index contributed by atoms with van der Waals surface area (Å²) < 4.78 is 65.3. The zero-order chi connectivity index (χ0) is 22.1. The highest BCUT2D eigenvalue weighted by atomic mass is 32.2. The first-order valence-corrected chi connectivity index (χ1v) is 11.0. The van der Waals surface area contributed by atoms with Gasteiger partial charge in [0, 0.05) is 32.2 Å². The monoisotopic (exact) mass is 448 g/mol. The molecule has 2 aliphatic rings. The lowest BCUT2D eigenvalue weighted by Crippen LogP contribution is -2.50. The molecule has 0 unspecified atom stereocenters. The highest BCUT2D eigenvalue weighted by Gasteiger charge is 2.34. The average Bonchev–Trinajstić information content (AvgIpc) is 3.18. The zero-order valence-corrected chi connectivity index (χ0v) is 16.9. The fourth-order valence-corrected chi connectivity index (χ4v) is 4.97. The van der Waals surface area contributed by atoms with Crippen molar-refractivity contribution in [3.8, 4) is 0 Å². The van der Waals surface area contributed by atoms with E-state index in [0.717, 1.165) is 24.3 Å². The van der Waals surface area contributed by atoms with Gasteiger partial charge in [-0.05, 0) is 43.5 Å². The molecule has 2 fully saturated rings. The smallest absolute Gasteiger partial charge is 0.369 e. The third-order valence-corrected chi connectivity index (χ3v) is 6.98. The molecule has 0 saturated carbocycles. The van der Waals surface area contributed by atoms with Crippen molar-refractivity contribution >= 4 is 22.0 Å². The molecule has 166 valence electrons. The van der Waals surface area contributed by atoms with E-state index < -0.39 is 33.7 Å². The van der Waals surface area contributed by atoms with Crippen LogP contribution >= 0.6 is 0 Å². The van der Waals surface area contributed by atoms with Gasteiger partial charge in [-0.3, -0.25) is 4.79 Å². The Hall–Kier alpha value is -2.34. The second kappa shape index (κ2) is 8.42. The Balaban J connectivity index is 1.54. The number of hydrogen-bond donors (Lipinski definition) is 2. The Labute approximate surface area is 172 Å². The van der Waals surface area contributed by atoms with Crippen molar-refractivity contribution in [1.82, 2.24) is 14.5 Å². The number of amides is 3. The molecule has 2 saturated heterocycles. The highest BCUT2D eigenvalue weighted by molar-refractivity contribution is 7.89. The van der Waals surface area contributed by atoms with Crippen LogP contribution in [0, 0.1) is 5.92 Å². The molecule has 0 aliphatic carbocycles. The Morgan fingerprint density at radius 3 is 2.07 bits per heavy atom. The number of primary amides is 1. The fraction of sp³-hybridized carbons (Fsp3) is 0.556. The third-order valence-electron chi connectivity index (χ3n) is 5.44. The number of carbonyl (C=O) groups is 2. The maximum atomic E-state index is 12.6. The number of carbonyl (C=O) groups excluding carboxylic acids is 2. The summed E-state index contributed by atoms with van der Waals surface area (Å²) in [5.41, 5.74) is 4.36. The topological polar surface area (TPSA) is 113 Å². The molecule has 0 bridgehead atoms. The maximum absolute atomic E-state index is 12.6. The summed E-state index contributed by atoms with van der Waals surface area (Å²) >= 11 is 0. The van der Waals surface area contributed by atoms with Gasteiger partial charge in [0.25, 0.3) is 0 Å². The second-order valence-corrected chi connectivity index (χ2v) is 9.24. The van der Waals surface area contributed by atoms with Crippen LogP contribution in [0.2, 0.25) is 0 Å². The quantitative estimate of drug-likeness (QED) is 0.725. The third kappa shape index (κ3) is 5.04. The molecular formula is C18H23F3N4O4S. The number of nitrogens with two attached hydrogens (primary N) is 1. The van der Waals surface area contributed by atoms with E-state index in [1.807, 2.05) is 0 Å². The van der Waals surface area contributed by atoms with Gasteiger partial charge >= 0.3 is 12.2 Å². The number of piperidine rings is 1. The minimum atomic E-state index is -4.54. The Kier molecular flexibility index (Phi) is 6.27. The van der Waals surface area contributed by atoms with Gasteiger partial charge in [-0.1, -0.05) is 0 Å². The summed E-state index contributed by atoms with van der Waals surface area (Å²) in [6.45, 7) is 1.40. The average molecular weight is 448 g/mol. The van der Waals surface area contributed by atoms with Gasteiger partial charge in [0.05, 0.1) is 16.4 Å². The van der Waals surface area contributed by atoms with Crippen LogP contribution in [0.15, 0.2) is 29.2 Å². The van der Waals surface area contributed by atoms with Gasteiger partial charge in [0.2, 0.25) is 15.9 Å². The Morgan fingerprint density at radius 2 is 1.57 bits per heavy atom. The number of rotatable bonds is 4. The van der Waals surface area contributed by atoms with E-state index in [4.69, 9.17) is 5.73 Å². The molecule has 1 aromatic carbocycles. The number of likely N-dealkylation sites (tertiary alicyclic amines) is 2. The molecule has 8 nitrogen and oxygen atoms in total. The molecule has 0 aromatic heterocycles. The summed E-state index contributed by atoms with van der Waals surface area (Å²) in [6.07, 6.45) is -3.26. The number of halogens is 3. The molecule has 0 radical (unpaired) electrons. The second-order valence-electron chi connectivity index (χ2n) is 7.52. The number of nitrogens with one attached hydrogen (secondary N) is 1. The predicted molar refractivity (Wildman–Crippen MR) is 101 cm³/mol. The largest absolute Gasteiger partial charge is 0.416 e. The summed E-state index contributed by atoms with van der Waals surface area (Å²) in [5, 5.41) is 0. The van der Waals surface area contributed by atoms with Crippen LogP contribution < -0.4 is 10.5 Å². The van der Waals surface area contributed by atoms with Crippen molar-refractivity contribution in [2.24, 2.45) is 11.7 Å². The van der Waals surface area contributed by atoms with Crippen LogP contribution in [0.3, 0.4) is 0 Å². The molecule has 1 aromatic rings. The lowest BCUT2D eigenvalue weighted by atomic mass is 10.1. The molecule has 30 heavy (non-hydrogen) atoms. The number of sulfonamides is 1. The van der Waals surface area contributed by atoms with Gasteiger partial charge in [-0.2, -0.15) is 13.2 Å². The first-order valence-electron chi connectivity index (χ1n) is 9.50. The van der Waals surface area contributed by atoms with E-state index in [2.05, 4.69) is 4.72 Å². The van der Waals surface area contributed by atoms with Crippen LogP contribution in [0.25, 0.3) is 0 Å². The molecule has 3 amide bonds. The fourth-order valence-electron chi connectivity index (χ4n) is 3.67. The molecule has 3 rings (SSSR count). The number of alkyl halides is 3. The first kappa shape index (κ1) is 22.3. The molecular weight excluding hydrogens is 425 g/mol. The van der Waals surface area contributed by atoms with Crippen molar-refractivity contribution < 1.29 is 31.2 Å². The summed E-state index contributed by atoms with van der Waals surface area (Å²) in [7, 11) is -3.97. The predicted octanol–water partition coefficient (Wildman–Crippen LogP) is 1.38. The van der Waals surface area contributed by atoms with Crippen LogP contribution in [0.5, 0.6) is 0 Å². The van der Waals surface area contributed by atoms with Gasteiger partial charge < -0.3 is 15.5 Å². The maximum Gasteiger partial charge on any atom is 0.416 e. The molecule has 12 heteroatoms. The Morgan fingerprint density at radius 1 is 1.00 bits per heavy atom. The van der Waals surface area contributed by atoms with E-state index in [9.17, 15) is 31.2 Å². The lowest BCUT2D eigenvalue weighted by molar-refractivity contribution is -0.137. The van der Waals surface area contributed by atoms with Crippen LogP contribution in [-0.4, -0.2) is 62.4 Å². The molecule has 2 aliphatic heterocycles. The van der Waals surface area contributed by atoms with Crippen molar-refractivity contribution in [2.75, 3.05) is 26.2 Å². The highest BCUT2D eigenvalue weighted by Crippen LogP contribution is 2.30. The normalized spacial score (nSPS) is 21.1. The van der Waals surface area contributed by atoms with Crippen molar-refractivity contribution in [3.05, 3.63) is 29.8 Å². The minimum Gasteiger partial charge on any atom is -0.369 e. The van der Waals surface area contributed by atoms with Gasteiger partial charge in [0.15, 0.2) is 0 Å². The van der Waals surface area contributed by atoms with E-state index in [1.54, 1.807) is 9.80 Å². The standard InChI is InChI=1S/C18H23F3N4O4S/c19-18(20,21)13-1-3-15(4-2-13)30(28,29)23-14-6-9-24(10-7-14)17(27)25-8-5-12(11-25)16(22)26/h1-4,12,14,23H,5-11H2,(H2,22,26)/t12-/m0/s1. The lowest BCUT2D eigenvalue weighted by Gasteiger charge is -2.34. The minimum absolute atomic E-state index is 0.206. The number of urea groups is 1. The van der Waals surface area contributed by atoms with E-state index >= 15 is 0 Å². The SMILES string of the molecule is NC(=O)[C@H]1CCN(C(=O)N2CCC(NS(=O)(=O)c3ccc(C(F)(F)F)cc3)CC2)C1.